The van der Waals surface area contributed by atoms with E-state index in [0.29, 0.717) is 13.0 Å². The normalized spacial score (nSPS) is 11.0. The van der Waals surface area contributed by atoms with E-state index < -0.39 is 0 Å². The first-order chi connectivity index (χ1) is 21.5. The minimum atomic E-state index is -0.0321. The van der Waals surface area contributed by atoms with E-state index in [1.807, 2.05) is 0 Å². The van der Waals surface area contributed by atoms with E-state index >= 15 is 0 Å². The number of carbonyl (C=O) groups is 1. The number of esters is 1. The van der Waals surface area contributed by atoms with Gasteiger partial charge in [-0.3, -0.25) is 4.79 Å². The third kappa shape index (κ3) is 43.3. The van der Waals surface area contributed by atoms with Gasteiger partial charge in [0.15, 0.2) is 0 Å². The van der Waals surface area contributed by atoms with E-state index in [-0.39, 0.29) is 5.97 Å². The highest BCUT2D eigenvalue weighted by atomic mass is 16.5. The lowest BCUT2D eigenvalue weighted by atomic mass is 9.96. The van der Waals surface area contributed by atoms with E-state index in [2.05, 4.69) is 46.5 Å². The van der Waals surface area contributed by atoms with E-state index in [1.54, 1.807) is 0 Å². The largest absolute Gasteiger partial charge is 0.466 e. The zero-order chi connectivity index (χ0) is 32.8. The molecule has 0 saturated carbocycles. The van der Waals surface area contributed by atoms with Gasteiger partial charge in [0.25, 0.3) is 0 Å². The Morgan fingerprint density at radius 2 is 0.955 bits per heavy atom. The maximum absolute atomic E-state index is 11.6. The second-order valence-corrected chi connectivity index (χ2v) is 13.9. The van der Waals surface area contributed by atoms with Gasteiger partial charge < -0.3 is 10.1 Å². The molecule has 0 heterocycles. The van der Waals surface area contributed by atoms with Crippen LogP contribution in [0.3, 0.4) is 0 Å². The fourth-order valence-corrected chi connectivity index (χ4v) is 5.70. The minimum Gasteiger partial charge on any atom is -0.466 e. The highest BCUT2D eigenvalue weighted by Crippen LogP contribution is 2.18. The second-order valence-electron chi connectivity index (χ2n) is 13.9. The summed E-state index contributed by atoms with van der Waals surface area (Å²) in [5.41, 5.74) is 1.30. The Hall–Kier alpha value is -0.830. The Labute approximate surface area is 278 Å². The zero-order valence-corrected chi connectivity index (χ0v) is 31.2. The maximum Gasteiger partial charge on any atom is 0.305 e. The molecule has 0 amide bonds. The van der Waals surface area contributed by atoms with Crippen molar-refractivity contribution in [3.8, 4) is 0 Å². The second kappa shape index (κ2) is 40.2. The van der Waals surface area contributed by atoms with E-state index in [4.69, 9.17) is 4.74 Å². The molecule has 0 saturated heterocycles. The van der Waals surface area contributed by atoms with Gasteiger partial charge >= 0.3 is 5.97 Å². The van der Waals surface area contributed by atoms with E-state index in [9.17, 15) is 4.79 Å². The molecule has 44 heavy (non-hydrogen) atoms. The first kappa shape index (κ1) is 45.3. The van der Waals surface area contributed by atoms with Crippen molar-refractivity contribution in [3.05, 3.63) is 12.2 Å². The molecule has 0 aliphatic heterocycles. The van der Waals surface area contributed by atoms with Crippen molar-refractivity contribution < 1.29 is 9.53 Å². The van der Waals surface area contributed by atoms with Crippen molar-refractivity contribution in [1.82, 2.24) is 5.32 Å². The molecule has 3 nitrogen and oxygen atoms in total. The molecular weight excluding hydrogens is 538 g/mol. The minimum absolute atomic E-state index is 0.0321. The summed E-state index contributed by atoms with van der Waals surface area (Å²) in [5.74, 6) is 0.942. The van der Waals surface area contributed by atoms with Gasteiger partial charge in [0.1, 0.15) is 0 Å². The third-order valence-corrected chi connectivity index (χ3v) is 8.80. The highest BCUT2D eigenvalue weighted by molar-refractivity contribution is 5.69. The van der Waals surface area contributed by atoms with Gasteiger partial charge in [-0.2, -0.15) is 0 Å². The lowest BCUT2D eigenvalue weighted by molar-refractivity contribution is -0.143. The predicted octanol–water partition coefficient (Wildman–Crippen LogP) is 13.7. The molecule has 0 rings (SSSR count). The Bertz CT molecular complexity index is 545. The molecule has 0 aliphatic rings. The van der Waals surface area contributed by atoms with Gasteiger partial charge in [-0.15, -0.1) is 6.58 Å². The van der Waals surface area contributed by atoms with Crippen LogP contribution >= 0.6 is 0 Å². The Kier molecular flexibility index (Phi) is 41.4. The lowest BCUT2D eigenvalue weighted by Crippen LogP contribution is -2.18. The summed E-state index contributed by atoms with van der Waals surface area (Å²) >= 11 is 0. The first-order valence-corrected chi connectivity index (χ1v) is 20.0. The molecule has 0 spiro atoms. The SMILES string of the molecule is C=C(C)CCCCCCCNCCCC(=O)OCCCCCCCCC.CCCCCCCCC(C)CCCCCCCC. The average Bonchev–Trinajstić information content (AvgIpc) is 3.01. The number of rotatable bonds is 34. The molecule has 0 bridgehead atoms. The summed E-state index contributed by atoms with van der Waals surface area (Å²) in [7, 11) is 0. The number of carbonyl (C=O) groups excluding carboxylic acids is 1. The Morgan fingerprint density at radius 1 is 0.545 bits per heavy atom. The van der Waals surface area contributed by atoms with Gasteiger partial charge in [-0.25, -0.2) is 0 Å². The zero-order valence-electron chi connectivity index (χ0n) is 31.2. The van der Waals surface area contributed by atoms with Crippen molar-refractivity contribution in [1.29, 1.82) is 0 Å². The number of hydrogen-bond donors (Lipinski definition) is 1. The summed E-state index contributed by atoms with van der Waals surface area (Å²) < 4.78 is 5.30. The molecule has 0 radical (unpaired) electrons. The van der Waals surface area contributed by atoms with Crippen LogP contribution in [0.1, 0.15) is 221 Å². The highest BCUT2D eigenvalue weighted by Gasteiger charge is 2.03. The summed E-state index contributed by atoms with van der Waals surface area (Å²) in [6.07, 6.45) is 38.1. The summed E-state index contributed by atoms with van der Waals surface area (Å²) in [5, 5.41) is 3.43. The van der Waals surface area contributed by atoms with Gasteiger partial charge in [0, 0.05) is 6.42 Å². The van der Waals surface area contributed by atoms with Crippen molar-refractivity contribution in [2.45, 2.75) is 221 Å². The van der Waals surface area contributed by atoms with Crippen LogP contribution in [0, 0.1) is 5.92 Å². The number of ether oxygens (including phenoxy) is 1. The molecule has 0 aromatic carbocycles. The maximum atomic E-state index is 11.6. The third-order valence-electron chi connectivity index (χ3n) is 8.80. The molecule has 264 valence electrons. The quantitative estimate of drug-likeness (QED) is 0.0441. The van der Waals surface area contributed by atoms with Crippen LogP contribution in [0.25, 0.3) is 0 Å². The van der Waals surface area contributed by atoms with Gasteiger partial charge in [0.2, 0.25) is 0 Å². The van der Waals surface area contributed by atoms with Crippen LogP contribution in [-0.2, 0) is 9.53 Å². The summed E-state index contributed by atoms with van der Waals surface area (Å²) in [6.45, 7) is 17.9. The van der Waals surface area contributed by atoms with Crippen molar-refractivity contribution >= 4 is 5.97 Å². The average molecular weight is 622 g/mol. The molecule has 0 fully saturated rings. The molecule has 3 heteroatoms. The fourth-order valence-electron chi connectivity index (χ4n) is 5.70. The van der Waals surface area contributed by atoms with Gasteiger partial charge in [-0.1, -0.05) is 181 Å². The van der Waals surface area contributed by atoms with E-state index in [0.717, 1.165) is 31.8 Å². The molecule has 0 aromatic rings. The smallest absolute Gasteiger partial charge is 0.305 e. The standard InChI is InChI=1S/C23H45NO2.C18H38/c1-4-5-6-7-8-12-15-21-26-23(25)18-16-20-24-19-14-11-9-10-13-17-22(2)3;1-4-6-8-10-12-14-16-18(3)17-15-13-11-9-7-5-2/h24H,2,4-21H2,1,3H3;18H,4-17H2,1-3H3. The lowest BCUT2D eigenvalue weighted by Gasteiger charge is -2.10. The van der Waals surface area contributed by atoms with Crippen LogP contribution in [0.15, 0.2) is 12.2 Å². The molecule has 0 unspecified atom stereocenters. The van der Waals surface area contributed by atoms with Crippen LogP contribution < -0.4 is 5.32 Å². The van der Waals surface area contributed by atoms with Gasteiger partial charge in [-0.05, 0) is 58.0 Å². The number of hydrogen-bond acceptors (Lipinski definition) is 3. The van der Waals surface area contributed by atoms with Crippen molar-refractivity contribution in [2.24, 2.45) is 5.92 Å². The molecular formula is C41H83NO2. The molecule has 0 aromatic heterocycles. The number of nitrogens with one attached hydrogen (secondary N) is 1. The fraction of sp³-hybridized carbons (Fsp3) is 0.927. The monoisotopic (exact) mass is 622 g/mol. The Morgan fingerprint density at radius 3 is 1.45 bits per heavy atom. The number of unbranched alkanes of at least 4 members (excludes halogenated alkanes) is 20. The predicted molar refractivity (Wildman–Crippen MR) is 199 cm³/mol. The van der Waals surface area contributed by atoms with Crippen LogP contribution in [-0.4, -0.2) is 25.7 Å². The van der Waals surface area contributed by atoms with Gasteiger partial charge in [0.05, 0.1) is 6.61 Å². The number of allylic oxidation sites excluding steroid dienone is 1. The topological polar surface area (TPSA) is 38.3 Å². The van der Waals surface area contributed by atoms with Crippen LogP contribution in [0.4, 0.5) is 0 Å². The Balaban J connectivity index is 0. The van der Waals surface area contributed by atoms with E-state index in [1.165, 1.54) is 173 Å². The van der Waals surface area contributed by atoms with Crippen LogP contribution in [0.2, 0.25) is 0 Å². The van der Waals surface area contributed by atoms with Crippen molar-refractivity contribution in [2.75, 3.05) is 19.7 Å². The summed E-state index contributed by atoms with van der Waals surface area (Å²) in [4.78, 5) is 11.6. The summed E-state index contributed by atoms with van der Waals surface area (Å²) in [6, 6.07) is 0. The molecule has 1 N–H and O–H groups in total. The van der Waals surface area contributed by atoms with Crippen molar-refractivity contribution in [3.63, 3.8) is 0 Å². The van der Waals surface area contributed by atoms with Crippen LogP contribution in [0.5, 0.6) is 0 Å². The molecule has 0 atom stereocenters. The molecule has 0 aliphatic carbocycles. The first-order valence-electron chi connectivity index (χ1n) is 20.0.